The van der Waals surface area contributed by atoms with E-state index in [0.29, 0.717) is 6.42 Å². The molecule has 1 fully saturated rings. The van der Waals surface area contributed by atoms with E-state index in [-0.39, 0.29) is 17.7 Å². The number of hydrogen-bond acceptors (Lipinski definition) is 2. The number of amides is 1. The summed E-state index contributed by atoms with van der Waals surface area (Å²) in [6, 6.07) is 0. The van der Waals surface area contributed by atoms with Gasteiger partial charge in [0, 0.05) is 19.5 Å². The van der Waals surface area contributed by atoms with Gasteiger partial charge in [-0.2, -0.15) is 0 Å². The quantitative estimate of drug-likeness (QED) is 0.736. The maximum absolute atomic E-state index is 12.4. The molecule has 0 aromatic carbocycles. The Morgan fingerprint density at radius 1 is 1.16 bits per heavy atom. The van der Waals surface area contributed by atoms with Crippen LogP contribution in [-0.2, 0) is 9.59 Å². The molecule has 0 heterocycles. The third-order valence-corrected chi connectivity index (χ3v) is 4.23. The second-order valence-corrected chi connectivity index (χ2v) is 5.78. The van der Waals surface area contributed by atoms with Crippen molar-refractivity contribution in [2.45, 2.75) is 65.2 Å². The van der Waals surface area contributed by atoms with Gasteiger partial charge in [-0.05, 0) is 31.6 Å². The third kappa shape index (κ3) is 4.84. The van der Waals surface area contributed by atoms with Crippen LogP contribution in [0.2, 0.25) is 0 Å². The van der Waals surface area contributed by atoms with Crippen LogP contribution in [0, 0.1) is 5.41 Å². The average molecular weight is 269 g/mol. The highest BCUT2D eigenvalue weighted by Crippen LogP contribution is 2.44. The molecule has 0 atom stereocenters. The Kier molecular flexibility index (Phi) is 6.32. The second kappa shape index (κ2) is 7.51. The zero-order chi connectivity index (χ0) is 14.3. The molecule has 1 rings (SSSR count). The van der Waals surface area contributed by atoms with E-state index in [4.69, 9.17) is 5.11 Å². The molecule has 0 aromatic rings. The number of carbonyl (C=O) groups is 2. The van der Waals surface area contributed by atoms with E-state index < -0.39 is 5.97 Å². The molecule has 4 nitrogen and oxygen atoms in total. The van der Waals surface area contributed by atoms with E-state index in [9.17, 15) is 9.59 Å². The number of carboxylic acids is 1. The van der Waals surface area contributed by atoms with Crippen molar-refractivity contribution in [2.75, 3.05) is 13.1 Å². The average Bonchev–Trinajstić information content (AvgIpc) is 2.77. The first kappa shape index (κ1) is 16.0. The van der Waals surface area contributed by atoms with Crippen molar-refractivity contribution >= 4 is 11.9 Å². The highest BCUT2D eigenvalue weighted by molar-refractivity contribution is 5.78. The predicted molar refractivity (Wildman–Crippen MR) is 74.9 cm³/mol. The Labute approximate surface area is 116 Å². The van der Waals surface area contributed by atoms with Crippen LogP contribution < -0.4 is 0 Å². The Morgan fingerprint density at radius 2 is 1.79 bits per heavy atom. The van der Waals surface area contributed by atoms with E-state index in [2.05, 4.69) is 6.92 Å². The summed E-state index contributed by atoms with van der Waals surface area (Å²) in [6.07, 6.45) is 6.53. The number of nitrogens with zero attached hydrogens (tertiary/aromatic N) is 1. The van der Waals surface area contributed by atoms with Gasteiger partial charge in [0.05, 0.1) is 6.42 Å². The van der Waals surface area contributed by atoms with E-state index in [0.717, 1.165) is 51.6 Å². The van der Waals surface area contributed by atoms with Gasteiger partial charge in [-0.25, -0.2) is 0 Å². The molecule has 0 aromatic heterocycles. The maximum atomic E-state index is 12.4. The summed E-state index contributed by atoms with van der Waals surface area (Å²) >= 11 is 0. The monoisotopic (exact) mass is 269 g/mol. The second-order valence-electron chi connectivity index (χ2n) is 5.78. The van der Waals surface area contributed by atoms with Crippen molar-refractivity contribution in [2.24, 2.45) is 5.41 Å². The third-order valence-electron chi connectivity index (χ3n) is 4.23. The predicted octanol–water partition coefficient (Wildman–Crippen LogP) is 3.06. The largest absolute Gasteiger partial charge is 0.481 e. The van der Waals surface area contributed by atoms with E-state index in [1.54, 1.807) is 0 Å². The summed E-state index contributed by atoms with van der Waals surface area (Å²) < 4.78 is 0. The molecule has 1 aliphatic carbocycles. The van der Waals surface area contributed by atoms with Crippen LogP contribution in [-0.4, -0.2) is 35.0 Å². The van der Waals surface area contributed by atoms with Crippen molar-refractivity contribution in [1.82, 2.24) is 4.90 Å². The van der Waals surface area contributed by atoms with E-state index in [1.807, 2.05) is 11.8 Å². The van der Waals surface area contributed by atoms with Crippen LogP contribution in [0.25, 0.3) is 0 Å². The molecule has 0 unspecified atom stereocenters. The molecular weight excluding hydrogens is 242 g/mol. The number of carboxylic acid groups (broad SMARTS) is 1. The lowest BCUT2D eigenvalue weighted by atomic mass is 9.79. The van der Waals surface area contributed by atoms with Gasteiger partial charge in [0.2, 0.25) is 5.91 Å². The molecule has 0 bridgehead atoms. The van der Waals surface area contributed by atoms with Gasteiger partial charge in [-0.15, -0.1) is 0 Å². The minimum Gasteiger partial charge on any atom is -0.481 e. The molecule has 1 saturated carbocycles. The topological polar surface area (TPSA) is 57.6 Å². The standard InChI is InChI=1S/C15H27NO3/c1-3-5-10-16(4-2)13(17)11-15(12-14(18)19)8-6-7-9-15/h3-12H2,1-2H3,(H,18,19). The first-order chi connectivity index (χ1) is 9.03. The fourth-order valence-electron chi connectivity index (χ4n) is 3.10. The normalized spacial score (nSPS) is 17.4. The van der Waals surface area contributed by atoms with E-state index in [1.165, 1.54) is 0 Å². The Bertz CT molecular complexity index is 309. The van der Waals surface area contributed by atoms with Crippen LogP contribution in [0.4, 0.5) is 0 Å². The zero-order valence-corrected chi connectivity index (χ0v) is 12.3. The van der Waals surface area contributed by atoms with Gasteiger partial charge in [0.1, 0.15) is 0 Å². The van der Waals surface area contributed by atoms with Crippen LogP contribution in [0.15, 0.2) is 0 Å². The highest BCUT2D eigenvalue weighted by atomic mass is 16.4. The number of rotatable bonds is 8. The zero-order valence-electron chi connectivity index (χ0n) is 12.3. The summed E-state index contributed by atoms with van der Waals surface area (Å²) in [5.41, 5.74) is -0.275. The number of hydrogen-bond donors (Lipinski definition) is 1. The van der Waals surface area contributed by atoms with Gasteiger partial charge in [-0.1, -0.05) is 26.2 Å². The van der Waals surface area contributed by atoms with E-state index >= 15 is 0 Å². The van der Waals surface area contributed by atoms with Crippen molar-refractivity contribution in [3.63, 3.8) is 0 Å². The number of carbonyl (C=O) groups excluding carboxylic acids is 1. The fourth-order valence-corrected chi connectivity index (χ4v) is 3.10. The lowest BCUT2D eigenvalue weighted by Crippen LogP contribution is -2.36. The van der Waals surface area contributed by atoms with Gasteiger partial charge in [0.15, 0.2) is 0 Å². The summed E-state index contributed by atoms with van der Waals surface area (Å²) in [7, 11) is 0. The smallest absolute Gasteiger partial charge is 0.303 e. The van der Waals surface area contributed by atoms with Gasteiger partial charge >= 0.3 is 5.97 Å². The van der Waals surface area contributed by atoms with Crippen LogP contribution >= 0.6 is 0 Å². The molecule has 19 heavy (non-hydrogen) atoms. The minimum atomic E-state index is -0.772. The summed E-state index contributed by atoms with van der Waals surface area (Å²) in [5, 5.41) is 9.06. The molecule has 1 aliphatic rings. The molecule has 0 saturated heterocycles. The number of unbranched alkanes of at least 4 members (excludes halogenated alkanes) is 1. The molecular formula is C15H27NO3. The molecule has 1 amide bonds. The Hall–Kier alpha value is -1.06. The van der Waals surface area contributed by atoms with Crippen molar-refractivity contribution in [3.8, 4) is 0 Å². The summed E-state index contributed by atoms with van der Waals surface area (Å²) in [5.74, 6) is -0.634. The van der Waals surface area contributed by atoms with Crippen LogP contribution in [0.3, 0.4) is 0 Å². The lowest BCUT2D eigenvalue weighted by molar-refractivity contribution is -0.141. The van der Waals surface area contributed by atoms with Gasteiger partial charge in [-0.3, -0.25) is 9.59 Å². The summed E-state index contributed by atoms with van der Waals surface area (Å²) in [4.78, 5) is 25.3. The highest BCUT2D eigenvalue weighted by Gasteiger charge is 2.38. The minimum absolute atomic E-state index is 0.138. The van der Waals surface area contributed by atoms with Crippen LogP contribution in [0.5, 0.6) is 0 Å². The SMILES string of the molecule is CCCCN(CC)C(=O)CC1(CC(=O)O)CCCC1. The lowest BCUT2D eigenvalue weighted by Gasteiger charge is -2.30. The van der Waals surface area contributed by atoms with Crippen molar-refractivity contribution < 1.29 is 14.7 Å². The van der Waals surface area contributed by atoms with Crippen LogP contribution in [0.1, 0.15) is 65.2 Å². The first-order valence-electron chi connectivity index (χ1n) is 7.52. The van der Waals surface area contributed by atoms with Gasteiger partial charge in [0.25, 0.3) is 0 Å². The first-order valence-corrected chi connectivity index (χ1v) is 7.52. The molecule has 110 valence electrons. The molecule has 1 N–H and O–H groups in total. The number of aliphatic carboxylic acids is 1. The maximum Gasteiger partial charge on any atom is 0.303 e. The molecule has 4 heteroatoms. The molecule has 0 spiro atoms. The molecule has 0 aliphatic heterocycles. The van der Waals surface area contributed by atoms with Crippen molar-refractivity contribution in [3.05, 3.63) is 0 Å². The Morgan fingerprint density at radius 3 is 2.26 bits per heavy atom. The Balaban J connectivity index is 2.62. The fraction of sp³-hybridized carbons (Fsp3) is 0.867. The van der Waals surface area contributed by atoms with Gasteiger partial charge < -0.3 is 10.0 Å². The molecule has 0 radical (unpaired) electrons. The summed E-state index contributed by atoms with van der Waals surface area (Å²) in [6.45, 7) is 5.63. The van der Waals surface area contributed by atoms with Crippen molar-refractivity contribution in [1.29, 1.82) is 0 Å².